The second-order valence-electron chi connectivity index (χ2n) is 14.1. The van der Waals surface area contributed by atoms with Crippen molar-refractivity contribution in [1.29, 1.82) is 0 Å². The van der Waals surface area contributed by atoms with Crippen LogP contribution < -0.4 is 0 Å². The molecule has 10 rings (SSSR count). The van der Waals surface area contributed by atoms with Crippen LogP contribution in [0.4, 0.5) is 0 Å². The van der Waals surface area contributed by atoms with Crippen molar-refractivity contribution in [2.75, 3.05) is 0 Å². The molecule has 2 heterocycles. The molecule has 0 aliphatic heterocycles. The van der Waals surface area contributed by atoms with E-state index in [0.29, 0.717) is 17.5 Å². The Morgan fingerprint density at radius 2 is 0.962 bits per heavy atom. The monoisotopic (exact) mass is 666 g/mol. The molecule has 9 aromatic rings. The number of hydrogen-bond acceptors (Lipinski definition) is 3. The van der Waals surface area contributed by atoms with Crippen LogP contribution in [0.3, 0.4) is 0 Å². The number of rotatable bonds is 5. The first-order chi connectivity index (χ1) is 25.5. The number of fused-ring (bicyclic) bond motifs is 6. The van der Waals surface area contributed by atoms with Crippen LogP contribution in [-0.2, 0) is 5.41 Å². The van der Waals surface area contributed by atoms with Gasteiger partial charge in [-0.05, 0) is 69.8 Å². The van der Waals surface area contributed by atoms with E-state index in [1.807, 2.05) is 60.7 Å². The highest BCUT2D eigenvalue weighted by Crippen LogP contribution is 2.51. The molecule has 0 radical (unpaired) electrons. The molecule has 0 saturated carbocycles. The minimum Gasteiger partial charge on any atom is -0.309 e. The third-order valence-corrected chi connectivity index (χ3v) is 10.7. The second-order valence-corrected chi connectivity index (χ2v) is 14.1. The molecule has 0 fully saturated rings. The summed E-state index contributed by atoms with van der Waals surface area (Å²) in [5.74, 6) is 1.96. The quantitative estimate of drug-likeness (QED) is 0.184. The topological polar surface area (TPSA) is 43.6 Å². The molecule has 246 valence electrons. The third kappa shape index (κ3) is 4.79. The highest BCUT2D eigenvalue weighted by Gasteiger charge is 2.36. The molecule has 0 unspecified atom stereocenters. The van der Waals surface area contributed by atoms with Gasteiger partial charge in [0.2, 0.25) is 0 Å². The van der Waals surface area contributed by atoms with Crippen molar-refractivity contribution in [3.8, 4) is 62.1 Å². The first-order valence-corrected chi connectivity index (χ1v) is 17.8. The summed E-state index contributed by atoms with van der Waals surface area (Å²) in [6, 6.07) is 60.1. The van der Waals surface area contributed by atoms with E-state index in [0.717, 1.165) is 33.5 Å². The van der Waals surface area contributed by atoms with Crippen LogP contribution in [0.25, 0.3) is 83.9 Å². The van der Waals surface area contributed by atoms with E-state index in [2.05, 4.69) is 128 Å². The van der Waals surface area contributed by atoms with Gasteiger partial charge in [-0.2, -0.15) is 0 Å². The van der Waals surface area contributed by atoms with Crippen molar-refractivity contribution < 1.29 is 0 Å². The zero-order chi connectivity index (χ0) is 34.8. The third-order valence-electron chi connectivity index (χ3n) is 10.7. The van der Waals surface area contributed by atoms with Gasteiger partial charge in [-0.25, -0.2) is 15.0 Å². The zero-order valence-corrected chi connectivity index (χ0v) is 29.0. The van der Waals surface area contributed by atoms with E-state index in [1.54, 1.807) is 0 Å². The van der Waals surface area contributed by atoms with Crippen molar-refractivity contribution in [1.82, 2.24) is 19.5 Å². The van der Waals surface area contributed by atoms with Crippen molar-refractivity contribution in [3.05, 3.63) is 181 Å². The van der Waals surface area contributed by atoms with Gasteiger partial charge in [-0.1, -0.05) is 147 Å². The number of benzene rings is 7. The van der Waals surface area contributed by atoms with E-state index in [1.165, 1.54) is 44.1 Å². The summed E-state index contributed by atoms with van der Waals surface area (Å²) in [4.78, 5) is 14.8. The largest absolute Gasteiger partial charge is 0.309 e. The highest BCUT2D eigenvalue weighted by atomic mass is 15.0. The Kier molecular flexibility index (Phi) is 6.80. The van der Waals surface area contributed by atoms with Crippen LogP contribution in [0.1, 0.15) is 25.0 Å². The molecule has 0 atom stereocenters. The molecular formula is C48H34N4. The van der Waals surface area contributed by atoms with Crippen LogP contribution >= 0.6 is 0 Å². The molecule has 2 aromatic heterocycles. The van der Waals surface area contributed by atoms with Gasteiger partial charge < -0.3 is 4.57 Å². The van der Waals surface area contributed by atoms with Gasteiger partial charge in [0, 0.05) is 38.6 Å². The van der Waals surface area contributed by atoms with E-state index in [9.17, 15) is 0 Å². The summed E-state index contributed by atoms with van der Waals surface area (Å²) >= 11 is 0. The molecule has 4 heteroatoms. The smallest absolute Gasteiger partial charge is 0.164 e. The van der Waals surface area contributed by atoms with Crippen molar-refractivity contribution in [3.63, 3.8) is 0 Å². The molecule has 0 N–H and O–H groups in total. The fraction of sp³-hybridized carbons (Fsp3) is 0.0625. The zero-order valence-electron chi connectivity index (χ0n) is 29.0. The van der Waals surface area contributed by atoms with Gasteiger partial charge in [0.05, 0.1) is 11.0 Å². The highest BCUT2D eigenvalue weighted by molar-refractivity contribution is 6.11. The van der Waals surface area contributed by atoms with E-state index < -0.39 is 0 Å². The summed E-state index contributed by atoms with van der Waals surface area (Å²) in [7, 11) is 0. The van der Waals surface area contributed by atoms with Gasteiger partial charge in [0.1, 0.15) is 0 Å². The summed E-state index contributed by atoms with van der Waals surface area (Å²) in [5.41, 5.74) is 14.1. The van der Waals surface area contributed by atoms with Gasteiger partial charge in [0.15, 0.2) is 17.5 Å². The maximum Gasteiger partial charge on any atom is 0.164 e. The Morgan fingerprint density at radius 1 is 0.385 bits per heavy atom. The lowest BCUT2D eigenvalue weighted by atomic mass is 9.82. The van der Waals surface area contributed by atoms with Crippen LogP contribution in [0.5, 0.6) is 0 Å². The van der Waals surface area contributed by atoms with Gasteiger partial charge >= 0.3 is 0 Å². The minimum atomic E-state index is -0.0709. The maximum absolute atomic E-state index is 4.96. The molecule has 1 aliphatic rings. The normalized spacial score (nSPS) is 13.0. The van der Waals surface area contributed by atoms with Crippen molar-refractivity contribution in [2.24, 2.45) is 0 Å². The van der Waals surface area contributed by atoms with E-state index in [-0.39, 0.29) is 5.41 Å². The molecule has 52 heavy (non-hydrogen) atoms. The fourth-order valence-electron chi connectivity index (χ4n) is 8.02. The molecular weight excluding hydrogens is 633 g/mol. The fourth-order valence-corrected chi connectivity index (χ4v) is 8.02. The lowest BCUT2D eigenvalue weighted by Crippen LogP contribution is -2.14. The summed E-state index contributed by atoms with van der Waals surface area (Å²) in [6.45, 7) is 4.70. The molecule has 4 nitrogen and oxygen atoms in total. The maximum atomic E-state index is 4.96. The van der Waals surface area contributed by atoms with Gasteiger partial charge in [-0.15, -0.1) is 0 Å². The Balaban J connectivity index is 1.06. The predicted octanol–water partition coefficient (Wildman–Crippen LogP) is 11.9. The van der Waals surface area contributed by atoms with Crippen molar-refractivity contribution in [2.45, 2.75) is 19.3 Å². The number of nitrogens with zero attached hydrogens (tertiary/aromatic N) is 4. The molecule has 7 aromatic carbocycles. The summed E-state index contributed by atoms with van der Waals surface area (Å²) in [6.07, 6.45) is 0. The Morgan fingerprint density at radius 3 is 1.67 bits per heavy atom. The van der Waals surface area contributed by atoms with E-state index in [4.69, 9.17) is 15.0 Å². The Hall–Kier alpha value is -6.65. The van der Waals surface area contributed by atoms with Gasteiger partial charge in [0.25, 0.3) is 0 Å². The molecule has 1 aliphatic carbocycles. The molecule has 0 spiro atoms. The average molecular weight is 667 g/mol. The number of aromatic nitrogens is 4. The van der Waals surface area contributed by atoms with Crippen molar-refractivity contribution >= 4 is 21.8 Å². The predicted molar refractivity (Wildman–Crippen MR) is 213 cm³/mol. The SMILES string of the molecule is CC1(C)c2ccccc2-c2cc3c4ccccc4n(-c4ccc(-c5cccc(-c6nc(-c7ccccc7)nc(-c7ccccc7)n6)c5)cc4)c3cc21. The summed E-state index contributed by atoms with van der Waals surface area (Å²) in [5, 5.41) is 2.54. The number of para-hydroxylation sites is 1. The molecule has 0 amide bonds. The second kappa shape index (κ2) is 11.7. The molecule has 0 bridgehead atoms. The summed E-state index contributed by atoms with van der Waals surface area (Å²) < 4.78 is 2.42. The average Bonchev–Trinajstić information content (AvgIpc) is 3.65. The number of hydrogen-bond donors (Lipinski definition) is 0. The standard InChI is InChI=1S/C48H34N4/c1-48(2)41-22-11-9-20-37(41)39-29-40-38-21-10-12-23-43(38)52(44(40)30-42(39)48)36-26-24-31(25-27-36)34-18-13-19-35(28-34)47-50-45(32-14-5-3-6-15-32)49-46(51-47)33-16-7-4-8-17-33/h3-30H,1-2H3. The minimum absolute atomic E-state index is 0.0709. The van der Waals surface area contributed by atoms with Crippen LogP contribution in [0.2, 0.25) is 0 Å². The lowest BCUT2D eigenvalue weighted by molar-refractivity contribution is 0.661. The van der Waals surface area contributed by atoms with Crippen LogP contribution in [0, 0.1) is 0 Å². The van der Waals surface area contributed by atoms with Gasteiger partial charge in [-0.3, -0.25) is 0 Å². The van der Waals surface area contributed by atoms with Crippen LogP contribution in [-0.4, -0.2) is 19.5 Å². The first kappa shape index (κ1) is 30.2. The van der Waals surface area contributed by atoms with Crippen LogP contribution in [0.15, 0.2) is 170 Å². The lowest BCUT2D eigenvalue weighted by Gasteiger charge is -2.21. The molecule has 0 saturated heterocycles. The Bertz CT molecular complexity index is 2740. The van der Waals surface area contributed by atoms with E-state index >= 15 is 0 Å². The Labute approximate surface area is 302 Å². The first-order valence-electron chi connectivity index (χ1n) is 17.8.